The molecule has 3 heteroatoms. The van der Waals surface area contributed by atoms with Gasteiger partial charge < -0.3 is 5.32 Å². The number of nitriles is 1. The first kappa shape index (κ1) is 11.9. The highest BCUT2D eigenvalue weighted by Gasteiger charge is 2.12. The summed E-state index contributed by atoms with van der Waals surface area (Å²) in [7, 11) is 0. The molecule has 1 aromatic rings. The molecule has 1 aliphatic rings. The number of pyridine rings is 1. The summed E-state index contributed by atoms with van der Waals surface area (Å²) < 4.78 is 0. The van der Waals surface area contributed by atoms with E-state index in [2.05, 4.69) is 10.3 Å². The van der Waals surface area contributed by atoms with Gasteiger partial charge in [0.15, 0.2) is 0 Å². The van der Waals surface area contributed by atoms with Crippen molar-refractivity contribution in [2.45, 2.75) is 38.5 Å². The zero-order valence-corrected chi connectivity index (χ0v) is 10.2. The highest BCUT2D eigenvalue weighted by Crippen LogP contribution is 2.26. The fraction of sp³-hybridized carbons (Fsp3) is 0.571. The molecule has 0 amide bonds. The van der Waals surface area contributed by atoms with Gasteiger partial charge in [-0.2, -0.15) is 5.26 Å². The van der Waals surface area contributed by atoms with Gasteiger partial charge in [0.05, 0.1) is 11.9 Å². The molecule has 0 aliphatic heterocycles. The number of nitrogens with zero attached hydrogens (tertiary/aromatic N) is 2. The van der Waals surface area contributed by atoms with Gasteiger partial charge in [-0.15, -0.1) is 0 Å². The van der Waals surface area contributed by atoms with Crippen molar-refractivity contribution in [1.82, 2.24) is 4.98 Å². The summed E-state index contributed by atoms with van der Waals surface area (Å²) in [6.07, 6.45) is 10.0. The van der Waals surface area contributed by atoms with Crippen molar-refractivity contribution in [3.8, 4) is 6.07 Å². The lowest BCUT2D eigenvalue weighted by Gasteiger charge is -2.21. The smallest absolute Gasteiger partial charge is 0.140 e. The standard InChI is InChI=1S/C14H19N3/c15-10-13-6-7-14(11-17-13)16-9-8-12-4-2-1-3-5-12/h6-7,11-12,16H,1-5,8-9H2. The van der Waals surface area contributed by atoms with Gasteiger partial charge in [0, 0.05) is 6.54 Å². The van der Waals surface area contributed by atoms with Crippen LogP contribution < -0.4 is 5.32 Å². The van der Waals surface area contributed by atoms with Crippen molar-refractivity contribution in [3.05, 3.63) is 24.0 Å². The van der Waals surface area contributed by atoms with Gasteiger partial charge in [0.1, 0.15) is 11.8 Å². The maximum Gasteiger partial charge on any atom is 0.140 e. The van der Waals surface area contributed by atoms with Crippen molar-refractivity contribution in [2.24, 2.45) is 5.92 Å². The van der Waals surface area contributed by atoms with Crippen LogP contribution in [0.25, 0.3) is 0 Å². The molecule has 0 saturated heterocycles. The molecule has 1 aromatic heterocycles. The van der Waals surface area contributed by atoms with Crippen LogP contribution in [0.3, 0.4) is 0 Å². The quantitative estimate of drug-likeness (QED) is 0.861. The van der Waals surface area contributed by atoms with Gasteiger partial charge in [-0.1, -0.05) is 32.1 Å². The number of nitrogens with one attached hydrogen (secondary N) is 1. The molecule has 17 heavy (non-hydrogen) atoms. The molecule has 0 aromatic carbocycles. The normalized spacial score (nSPS) is 16.4. The van der Waals surface area contributed by atoms with E-state index in [1.165, 1.54) is 38.5 Å². The molecular formula is C14H19N3. The molecule has 90 valence electrons. The first-order valence-corrected chi connectivity index (χ1v) is 6.48. The largest absolute Gasteiger partial charge is 0.384 e. The Labute approximate surface area is 103 Å². The molecule has 0 spiro atoms. The van der Waals surface area contributed by atoms with Crippen LogP contribution in [0.1, 0.15) is 44.2 Å². The van der Waals surface area contributed by atoms with Crippen LogP contribution in [0.4, 0.5) is 5.69 Å². The van der Waals surface area contributed by atoms with Gasteiger partial charge in [0.2, 0.25) is 0 Å². The summed E-state index contributed by atoms with van der Waals surface area (Å²) in [5.41, 5.74) is 1.49. The molecule has 0 bridgehead atoms. The first-order chi connectivity index (χ1) is 8.38. The lowest BCUT2D eigenvalue weighted by atomic mass is 9.87. The monoisotopic (exact) mass is 229 g/mol. The Morgan fingerprint density at radius 2 is 2.12 bits per heavy atom. The Morgan fingerprint density at radius 1 is 1.29 bits per heavy atom. The van der Waals surface area contributed by atoms with E-state index in [1.807, 2.05) is 12.1 Å². The number of rotatable bonds is 4. The summed E-state index contributed by atoms with van der Waals surface area (Å²) in [5, 5.41) is 12.0. The molecule has 1 aliphatic carbocycles. The average molecular weight is 229 g/mol. The van der Waals surface area contributed by atoms with E-state index in [0.717, 1.165) is 18.2 Å². The van der Waals surface area contributed by atoms with E-state index in [0.29, 0.717) is 5.69 Å². The minimum absolute atomic E-state index is 0.475. The van der Waals surface area contributed by atoms with E-state index in [-0.39, 0.29) is 0 Å². The van der Waals surface area contributed by atoms with E-state index in [1.54, 1.807) is 12.3 Å². The van der Waals surface area contributed by atoms with E-state index in [9.17, 15) is 0 Å². The zero-order chi connectivity index (χ0) is 11.9. The number of aromatic nitrogens is 1. The molecule has 3 nitrogen and oxygen atoms in total. The molecular weight excluding hydrogens is 210 g/mol. The second kappa shape index (κ2) is 6.24. The minimum Gasteiger partial charge on any atom is -0.384 e. The Balaban J connectivity index is 1.72. The second-order valence-corrected chi connectivity index (χ2v) is 4.76. The Kier molecular flexibility index (Phi) is 4.37. The van der Waals surface area contributed by atoms with Crippen LogP contribution in [0, 0.1) is 17.2 Å². The number of hydrogen-bond acceptors (Lipinski definition) is 3. The third-order valence-corrected chi connectivity index (χ3v) is 3.48. The van der Waals surface area contributed by atoms with Crippen LogP contribution in [0.5, 0.6) is 0 Å². The van der Waals surface area contributed by atoms with Gasteiger partial charge in [-0.3, -0.25) is 0 Å². The summed E-state index contributed by atoms with van der Waals surface area (Å²) in [5.74, 6) is 0.905. The molecule has 1 fully saturated rings. The van der Waals surface area contributed by atoms with E-state index < -0.39 is 0 Å². The van der Waals surface area contributed by atoms with Crippen LogP contribution in [0.2, 0.25) is 0 Å². The Morgan fingerprint density at radius 3 is 2.76 bits per heavy atom. The average Bonchev–Trinajstić information content (AvgIpc) is 2.41. The summed E-state index contributed by atoms with van der Waals surface area (Å²) >= 11 is 0. The molecule has 0 unspecified atom stereocenters. The van der Waals surface area contributed by atoms with Crippen molar-refractivity contribution >= 4 is 5.69 Å². The molecule has 2 rings (SSSR count). The van der Waals surface area contributed by atoms with Crippen molar-refractivity contribution < 1.29 is 0 Å². The van der Waals surface area contributed by atoms with Crippen molar-refractivity contribution in [2.75, 3.05) is 11.9 Å². The Bertz CT molecular complexity index is 371. The van der Waals surface area contributed by atoms with Gasteiger partial charge in [-0.25, -0.2) is 4.98 Å². The Hall–Kier alpha value is -1.56. The minimum atomic E-state index is 0.475. The van der Waals surface area contributed by atoms with E-state index >= 15 is 0 Å². The molecule has 1 saturated carbocycles. The molecule has 1 heterocycles. The predicted molar refractivity (Wildman–Crippen MR) is 68.6 cm³/mol. The fourth-order valence-corrected chi connectivity index (χ4v) is 2.46. The molecule has 1 N–H and O–H groups in total. The number of anilines is 1. The lowest BCUT2D eigenvalue weighted by molar-refractivity contribution is 0.345. The summed E-state index contributed by atoms with van der Waals surface area (Å²) in [4.78, 5) is 4.04. The third-order valence-electron chi connectivity index (χ3n) is 3.48. The molecule has 0 radical (unpaired) electrons. The SMILES string of the molecule is N#Cc1ccc(NCCC2CCCCC2)cn1. The van der Waals surface area contributed by atoms with Crippen LogP contribution in [-0.4, -0.2) is 11.5 Å². The first-order valence-electron chi connectivity index (χ1n) is 6.48. The lowest BCUT2D eigenvalue weighted by Crippen LogP contribution is -2.12. The zero-order valence-electron chi connectivity index (χ0n) is 10.2. The maximum absolute atomic E-state index is 8.64. The van der Waals surface area contributed by atoms with Gasteiger partial charge in [0.25, 0.3) is 0 Å². The van der Waals surface area contributed by atoms with Crippen molar-refractivity contribution in [3.63, 3.8) is 0 Å². The predicted octanol–water partition coefficient (Wildman–Crippen LogP) is 3.34. The van der Waals surface area contributed by atoms with Gasteiger partial charge >= 0.3 is 0 Å². The number of hydrogen-bond donors (Lipinski definition) is 1. The third kappa shape index (κ3) is 3.74. The van der Waals surface area contributed by atoms with Crippen molar-refractivity contribution in [1.29, 1.82) is 5.26 Å². The van der Waals surface area contributed by atoms with Crippen LogP contribution in [-0.2, 0) is 0 Å². The van der Waals surface area contributed by atoms with E-state index in [4.69, 9.17) is 5.26 Å². The second-order valence-electron chi connectivity index (χ2n) is 4.76. The van der Waals surface area contributed by atoms with Crippen LogP contribution in [0.15, 0.2) is 18.3 Å². The topological polar surface area (TPSA) is 48.7 Å². The van der Waals surface area contributed by atoms with Crippen LogP contribution >= 0.6 is 0 Å². The summed E-state index contributed by atoms with van der Waals surface area (Å²) in [6, 6.07) is 5.70. The summed E-state index contributed by atoms with van der Waals surface area (Å²) in [6.45, 7) is 1.01. The highest BCUT2D eigenvalue weighted by molar-refractivity contribution is 5.42. The fourth-order valence-electron chi connectivity index (χ4n) is 2.46. The molecule has 0 atom stereocenters. The van der Waals surface area contributed by atoms with Gasteiger partial charge in [-0.05, 0) is 24.5 Å². The highest BCUT2D eigenvalue weighted by atomic mass is 14.9. The maximum atomic E-state index is 8.64.